The lowest BCUT2D eigenvalue weighted by atomic mass is 10.1. The summed E-state index contributed by atoms with van der Waals surface area (Å²) in [5, 5.41) is 2.15. The molecule has 0 aliphatic heterocycles. The highest BCUT2D eigenvalue weighted by atomic mass is 32.1. The van der Waals surface area contributed by atoms with Gasteiger partial charge in [-0.3, -0.25) is 4.40 Å². The maximum absolute atomic E-state index is 5.67. The topological polar surface area (TPSA) is 43.3 Å². The lowest BCUT2D eigenvalue weighted by Gasteiger charge is -2.02. The molecule has 98 valence electrons. The smallest absolute Gasteiger partial charge is 0.194 e. The fraction of sp³-hybridized carbons (Fsp3) is 0.267. The summed E-state index contributed by atoms with van der Waals surface area (Å²) in [7, 11) is 0. The summed E-state index contributed by atoms with van der Waals surface area (Å²) in [5.41, 5.74) is 11.6. The molecule has 2 N–H and O–H groups in total. The van der Waals surface area contributed by atoms with Gasteiger partial charge >= 0.3 is 0 Å². The highest BCUT2D eigenvalue weighted by Crippen LogP contribution is 2.28. The maximum Gasteiger partial charge on any atom is 0.194 e. The predicted octanol–water partition coefficient (Wildman–Crippen LogP) is 3.18. The van der Waals surface area contributed by atoms with Gasteiger partial charge in [0.2, 0.25) is 0 Å². The maximum atomic E-state index is 5.67. The van der Waals surface area contributed by atoms with Gasteiger partial charge in [-0.25, -0.2) is 4.98 Å². The van der Waals surface area contributed by atoms with Gasteiger partial charge in [-0.15, -0.1) is 11.3 Å². The predicted molar refractivity (Wildman–Crippen MR) is 80.7 cm³/mol. The van der Waals surface area contributed by atoms with Gasteiger partial charge in [-0.2, -0.15) is 0 Å². The summed E-state index contributed by atoms with van der Waals surface area (Å²) in [6.07, 6.45) is 0.893. The van der Waals surface area contributed by atoms with Gasteiger partial charge in [0, 0.05) is 28.8 Å². The summed E-state index contributed by atoms with van der Waals surface area (Å²) in [6.45, 7) is 4.90. The summed E-state index contributed by atoms with van der Waals surface area (Å²) in [4.78, 5) is 5.81. The molecule has 0 unspecified atom stereocenters. The van der Waals surface area contributed by atoms with Crippen LogP contribution in [0.4, 0.5) is 0 Å². The first-order valence-corrected chi connectivity index (χ1v) is 7.31. The largest absolute Gasteiger partial charge is 0.330 e. The molecular formula is C15H17N3S. The zero-order valence-corrected chi connectivity index (χ0v) is 12.0. The fourth-order valence-electron chi connectivity index (χ4n) is 2.37. The van der Waals surface area contributed by atoms with Crippen LogP contribution in [0.3, 0.4) is 0 Å². The first-order chi connectivity index (χ1) is 9.20. The lowest BCUT2D eigenvalue weighted by molar-refractivity contribution is 0.896. The molecule has 0 aliphatic rings. The minimum absolute atomic E-state index is 0.670. The third-order valence-corrected chi connectivity index (χ3v) is 4.26. The van der Waals surface area contributed by atoms with Crippen molar-refractivity contribution in [3.05, 3.63) is 46.6 Å². The highest BCUT2D eigenvalue weighted by Gasteiger charge is 2.14. The highest BCUT2D eigenvalue weighted by molar-refractivity contribution is 7.15. The van der Waals surface area contributed by atoms with Crippen LogP contribution in [-0.2, 0) is 6.42 Å². The van der Waals surface area contributed by atoms with E-state index < -0.39 is 0 Å². The Kier molecular flexibility index (Phi) is 3.12. The van der Waals surface area contributed by atoms with E-state index in [0.717, 1.165) is 17.1 Å². The fourth-order valence-corrected chi connectivity index (χ4v) is 3.34. The third-order valence-electron chi connectivity index (χ3n) is 3.39. The van der Waals surface area contributed by atoms with E-state index in [4.69, 9.17) is 10.7 Å². The van der Waals surface area contributed by atoms with Gasteiger partial charge in [0.25, 0.3) is 0 Å². The molecular weight excluding hydrogens is 254 g/mol. The number of benzene rings is 1. The van der Waals surface area contributed by atoms with Gasteiger partial charge in [-0.1, -0.05) is 29.8 Å². The van der Waals surface area contributed by atoms with E-state index in [9.17, 15) is 0 Å². The van der Waals surface area contributed by atoms with Gasteiger partial charge in [0.15, 0.2) is 4.96 Å². The molecule has 19 heavy (non-hydrogen) atoms. The van der Waals surface area contributed by atoms with Gasteiger partial charge in [0.1, 0.15) is 0 Å². The van der Waals surface area contributed by atoms with Crippen LogP contribution in [0, 0.1) is 13.8 Å². The number of hydrogen-bond donors (Lipinski definition) is 1. The number of nitrogens with two attached hydrogens (primary N) is 1. The number of imidazole rings is 1. The first kappa shape index (κ1) is 12.4. The van der Waals surface area contributed by atoms with Crippen LogP contribution in [0.5, 0.6) is 0 Å². The Hall–Kier alpha value is -1.65. The van der Waals surface area contributed by atoms with Crippen molar-refractivity contribution >= 4 is 16.3 Å². The van der Waals surface area contributed by atoms with Crippen LogP contribution in [0.1, 0.15) is 17.0 Å². The summed E-state index contributed by atoms with van der Waals surface area (Å²) in [5.74, 6) is 0. The molecule has 0 bridgehead atoms. The molecule has 0 aliphatic carbocycles. The zero-order chi connectivity index (χ0) is 13.4. The molecule has 0 amide bonds. The third kappa shape index (κ3) is 2.07. The molecule has 0 radical (unpaired) electrons. The summed E-state index contributed by atoms with van der Waals surface area (Å²) in [6, 6.07) is 8.53. The van der Waals surface area contributed by atoms with Crippen molar-refractivity contribution in [2.24, 2.45) is 5.73 Å². The lowest BCUT2D eigenvalue weighted by Crippen LogP contribution is -2.05. The quantitative estimate of drug-likeness (QED) is 0.795. The van der Waals surface area contributed by atoms with E-state index >= 15 is 0 Å². The van der Waals surface area contributed by atoms with Crippen molar-refractivity contribution in [1.29, 1.82) is 0 Å². The van der Waals surface area contributed by atoms with Crippen molar-refractivity contribution in [3.63, 3.8) is 0 Å². The minimum Gasteiger partial charge on any atom is -0.330 e. The van der Waals surface area contributed by atoms with Crippen molar-refractivity contribution in [1.82, 2.24) is 9.38 Å². The van der Waals surface area contributed by atoms with E-state index in [-0.39, 0.29) is 0 Å². The van der Waals surface area contributed by atoms with Crippen molar-refractivity contribution in [3.8, 4) is 11.3 Å². The number of aromatic nitrogens is 2. The average molecular weight is 271 g/mol. The Morgan fingerprint density at radius 3 is 2.63 bits per heavy atom. The molecule has 0 fully saturated rings. The first-order valence-electron chi connectivity index (χ1n) is 6.43. The van der Waals surface area contributed by atoms with E-state index in [2.05, 4.69) is 47.9 Å². The summed E-state index contributed by atoms with van der Waals surface area (Å²) >= 11 is 1.68. The van der Waals surface area contributed by atoms with Crippen molar-refractivity contribution < 1.29 is 0 Å². The Labute approximate surface area is 116 Å². The van der Waals surface area contributed by atoms with E-state index in [1.807, 2.05) is 0 Å². The Balaban J connectivity index is 2.14. The standard InChI is InChI=1S/C15H17N3S/c1-10-3-5-12(6-4-10)14-11(2)18-13(7-8-16)9-19-15(18)17-14/h3-6,9H,7-8,16H2,1-2H3. The van der Waals surface area contributed by atoms with Gasteiger partial charge in [-0.05, 0) is 20.4 Å². The molecule has 3 rings (SSSR count). The van der Waals surface area contributed by atoms with Crippen LogP contribution < -0.4 is 5.73 Å². The van der Waals surface area contributed by atoms with E-state index in [0.29, 0.717) is 6.54 Å². The molecule has 0 atom stereocenters. The molecule has 0 saturated carbocycles. The number of fused-ring (bicyclic) bond motifs is 1. The molecule has 4 heteroatoms. The van der Waals surface area contributed by atoms with Crippen molar-refractivity contribution in [2.45, 2.75) is 20.3 Å². The number of thiazole rings is 1. The van der Waals surface area contributed by atoms with Gasteiger partial charge in [0.05, 0.1) is 5.69 Å². The van der Waals surface area contributed by atoms with Crippen LogP contribution in [0.25, 0.3) is 16.2 Å². The average Bonchev–Trinajstić information content (AvgIpc) is 2.93. The second-order valence-corrected chi connectivity index (χ2v) is 5.63. The minimum atomic E-state index is 0.670. The second kappa shape index (κ2) is 4.79. The molecule has 1 aromatic carbocycles. The van der Waals surface area contributed by atoms with Crippen molar-refractivity contribution in [2.75, 3.05) is 6.54 Å². The summed E-state index contributed by atoms with van der Waals surface area (Å²) < 4.78 is 2.23. The molecule has 3 nitrogen and oxygen atoms in total. The monoisotopic (exact) mass is 271 g/mol. The Bertz CT molecular complexity index is 707. The molecule has 3 aromatic rings. The van der Waals surface area contributed by atoms with E-state index in [1.165, 1.54) is 22.5 Å². The number of nitrogens with zero attached hydrogens (tertiary/aromatic N) is 2. The van der Waals surface area contributed by atoms with E-state index in [1.54, 1.807) is 11.3 Å². The normalized spacial score (nSPS) is 11.3. The second-order valence-electron chi connectivity index (χ2n) is 4.80. The SMILES string of the molecule is Cc1ccc(-c2nc3scc(CCN)n3c2C)cc1. The van der Waals surface area contributed by atoms with Crippen LogP contribution >= 0.6 is 11.3 Å². The van der Waals surface area contributed by atoms with Crippen LogP contribution in [0.2, 0.25) is 0 Å². The number of rotatable bonds is 3. The molecule has 0 saturated heterocycles. The molecule has 2 aromatic heterocycles. The number of aryl methyl sites for hydroxylation is 2. The number of hydrogen-bond acceptors (Lipinski definition) is 3. The molecule has 0 spiro atoms. The van der Waals surface area contributed by atoms with Gasteiger partial charge < -0.3 is 5.73 Å². The Morgan fingerprint density at radius 2 is 1.95 bits per heavy atom. The Morgan fingerprint density at radius 1 is 1.21 bits per heavy atom. The van der Waals surface area contributed by atoms with Crippen LogP contribution in [0.15, 0.2) is 29.6 Å². The zero-order valence-electron chi connectivity index (χ0n) is 11.2. The van der Waals surface area contributed by atoms with Crippen LogP contribution in [-0.4, -0.2) is 15.9 Å². The molecule has 2 heterocycles.